The van der Waals surface area contributed by atoms with Crippen LogP contribution in [0, 0.1) is 12.7 Å². The van der Waals surface area contributed by atoms with Crippen LogP contribution in [0.2, 0.25) is 0 Å². The average Bonchev–Trinajstić information content (AvgIpc) is 3.37. The Balaban J connectivity index is 1.31. The lowest BCUT2D eigenvalue weighted by Crippen LogP contribution is -2.48. The zero-order chi connectivity index (χ0) is 22.1. The third kappa shape index (κ3) is 4.18. The Labute approximate surface area is 186 Å². The minimum Gasteiger partial charge on any atom is -0.463 e. The van der Waals surface area contributed by atoms with Gasteiger partial charge < -0.3 is 13.9 Å². The fourth-order valence-electron chi connectivity index (χ4n) is 4.48. The van der Waals surface area contributed by atoms with Gasteiger partial charge in [0.2, 0.25) is 0 Å². The van der Waals surface area contributed by atoms with E-state index in [9.17, 15) is 9.18 Å². The Morgan fingerprint density at radius 1 is 0.938 bits per heavy atom. The quantitative estimate of drug-likeness (QED) is 0.460. The molecule has 3 heterocycles. The first-order valence-electron chi connectivity index (χ1n) is 11.0. The van der Waals surface area contributed by atoms with Gasteiger partial charge in [0.15, 0.2) is 5.58 Å². The number of piperazine rings is 1. The summed E-state index contributed by atoms with van der Waals surface area (Å²) in [6.45, 7) is 6.44. The molecule has 5 nitrogen and oxygen atoms in total. The van der Waals surface area contributed by atoms with Gasteiger partial charge in [0.1, 0.15) is 11.5 Å². The predicted molar refractivity (Wildman–Crippen MR) is 122 cm³/mol. The van der Waals surface area contributed by atoms with Crippen LogP contribution >= 0.6 is 0 Å². The van der Waals surface area contributed by atoms with Crippen molar-refractivity contribution in [2.24, 2.45) is 0 Å². The van der Waals surface area contributed by atoms with Gasteiger partial charge in [-0.3, -0.25) is 9.69 Å². The number of furan rings is 1. The summed E-state index contributed by atoms with van der Waals surface area (Å²) in [6, 6.07) is 18.7. The van der Waals surface area contributed by atoms with Crippen LogP contribution in [-0.4, -0.2) is 46.5 Å². The Kier molecular flexibility index (Phi) is 5.53. The maximum absolute atomic E-state index is 13.7. The Morgan fingerprint density at radius 2 is 1.69 bits per heavy atom. The second-order valence-corrected chi connectivity index (χ2v) is 8.47. The van der Waals surface area contributed by atoms with Crippen LogP contribution in [0.5, 0.6) is 0 Å². The molecule has 0 atom stereocenters. The van der Waals surface area contributed by atoms with Crippen molar-refractivity contribution >= 4 is 17.0 Å². The Morgan fingerprint density at radius 3 is 2.44 bits per heavy atom. The van der Waals surface area contributed by atoms with Crippen LogP contribution in [0.1, 0.15) is 27.2 Å². The number of hydrogen-bond acceptors (Lipinski definition) is 3. The highest BCUT2D eigenvalue weighted by Gasteiger charge is 2.26. The highest BCUT2D eigenvalue weighted by molar-refractivity contribution is 5.97. The van der Waals surface area contributed by atoms with Gasteiger partial charge in [0, 0.05) is 51.4 Å². The highest BCUT2D eigenvalue weighted by atomic mass is 19.1. The monoisotopic (exact) mass is 431 g/mol. The molecule has 164 valence electrons. The number of aromatic nitrogens is 1. The fourth-order valence-corrected chi connectivity index (χ4v) is 4.48. The van der Waals surface area contributed by atoms with E-state index < -0.39 is 0 Å². The normalized spacial score (nSPS) is 14.9. The van der Waals surface area contributed by atoms with Crippen LogP contribution in [0.25, 0.3) is 11.1 Å². The molecule has 4 aromatic rings. The van der Waals surface area contributed by atoms with Crippen molar-refractivity contribution in [3.8, 4) is 0 Å². The van der Waals surface area contributed by atoms with E-state index in [1.807, 2.05) is 21.6 Å². The third-order valence-corrected chi connectivity index (χ3v) is 6.12. The molecule has 1 aliphatic rings. The number of benzene rings is 2. The maximum atomic E-state index is 13.7. The van der Waals surface area contributed by atoms with Crippen LogP contribution < -0.4 is 0 Å². The van der Waals surface area contributed by atoms with Crippen LogP contribution in [0.3, 0.4) is 0 Å². The van der Waals surface area contributed by atoms with Gasteiger partial charge in [-0.1, -0.05) is 42.0 Å². The summed E-state index contributed by atoms with van der Waals surface area (Å²) >= 11 is 0. The van der Waals surface area contributed by atoms with Gasteiger partial charge in [-0.25, -0.2) is 4.39 Å². The molecule has 5 rings (SSSR count). The molecular weight excluding hydrogens is 405 g/mol. The Hall–Kier alpha value is -3.38. The van der Waals surface area contributed by atoms with E-state index >= 15 is 0 Å². The SMILES string of the molecule is Cc1cccc(CN2CCN(C(=O)c3cc4occc4n3Cc3cccc(F)c3)CC2)c1. The molecule has 0 unspecified atom stereocenters. The number of carbonyl (C=O) groups is 1. The van der Waals surface area contributed by atoms with Crippen molar-refractivity contribution in [2.45, 2.75) is 20.0 Å². The van der Waals surface area contributed by atoms with Crippen molar-refractivity contribution in [3.05, 3.63) is 95.1 Å². The largest absolute Gasteiger partial charge is 0.463 e. The summed E-state index contributed by atoms with van der Waals surface area (Å²) in [4.78, 5) is 17.7. The Bertz CT molecular complexity index is 1250. The third-order valence-electron chi connectivity index (χ3n) is 6.12. The van der Waals surface area contributed by atoms with Gasteiger partial charge in [-0.2, -0.15) is 0 Å². The minimum absolute atomic E-state index is 0.0111. The molecule has 2 aromatic carbocycles. The number of aryl methyl sites for hydroxylation is 1. The number of fused-ring (bicyclic) bond motifs is 1. The van der Waals surface area contributed by atoms with Crippen molar-refractivity contribution in [2.75, 3.05) is 26.2 Å². The van der Waals surface area contributed by atoms with Gasteiger partial charge in [0.05, 0.1) is 11.8 Å². The molecule has 1 saturated heterocycles. The zero-order valence-electron chi connectivity index (χ0n) is 18.1. The molecule has 0 saturated carbocycles. The first-order chi connectivity index (χ1) is 15.6. The summed E-state index contributed by atoms with van der Waals surface area (Å²) in [5.41, 5.74) is 5.46. The van der Waals surface area contributed by atoms with Gasteiger partial charge in [-0.05, 0) is 30.2 Å². The standard InChI is InChI=1S/C26H26FN3O2/c1-19-4-2-5-20(14-19)17-28-9-11-29(12-10-28)26(31)24-16-25-23(8-13-32-25)30(24)18-21-6-3-7-22(27)15-21/h2-8,13-16H,9-12,17-18H2,1H3. The van der Waals surface area contributed by atoms with Gasteiger partial charge in [-0.15, -0.1) is 0 Å². The van der Waals surface area contributed by atoms with Crippen molar-refractivity contribution < 1.29 is 13.6 Å². The highest BCUT2D eigenvalue weighted by Crippen LogP contribution is 2.24. The number of carbonyl (C=O) groups excluding carboxylic acids is 1. The second-order valence-electron chi connectivity index (χ2n) is 8.47. The van der Waals surface area contributed by atoms with E-state index in [-0.39, 0.29) is 11.7 Å². The molecule has 1 aliphatic heterocycles. The maximum Gasteiger partial charge on any atom is 0.270 e. The van der Waals surface area contributed by atoms with E-state index in [1.54, 1.807) is 18.4 Å². The van der Waals surface area contributed by atoms with Gasteiger partial charge in [0.25, 0.3) is 5.91 Å². The predicted octanol–water partition coefficient (Wildman–Crippen LogP) is 4.69. The first kappa shape index (κ1) is 20.5. The van der Waals surface area contributed by atoms with E-state index in [0.29, 0.717) is 30.9 Å². The van der Waals surface area contributed by atoms with Gasteiger partial charge >= 0.3 is 0 Å². The lowest BCUT2D eigenvalue weighted by atomic mass is 10.1. The van der Waals surface area contributed by atoms with E-state index in [2.05, 4.69) is 36.1 Å². The molecule has 2 aromatic heterocycles. The van der Waals surface area contributed by atoms with Crippen molar-refractivity contribution in [1.29, 1.82) is 0 Å². The lowest BCUT2D eigenvalue weighted by Gasteiger charge is -2.35. The zero-order valence-corrected chi connectivity index (χ0v) is 18.1. The molecule has 0 aliphatic carbocycles. The fraction of sp³-hybridized carbons (Fsp3) is 0.269. The molecule has 0 bridgehead atoms. The van der Waals surface area contributed by atoms with Crippen LogP contribution in [-0.2, 0) is 13.1 Å². The smallest absolute Gasteiger partial charge is 0.270 e. The summed E-state index contributed by atoms with van der Waals surface area (Å²) in [5, 5.41) is 0. The number of nitrogens with zero attached hydrogens (tertiary/aromatic N) is 3. The summed E-state index contributed by atoms with van der Waals surface area (Å²) in [6.07, 6.45) is 1.62. The van der Waals surface area contributed by atoms with E-state index in [1.165, 1.54) is 23.3 Å². The van der Waals surface area contributed by atoms with E-state index in [4.69, 9.17) is 4.42 Å². The lowest BCUT2D eigenvalue weighted by molar-refractivity contribution is 0.0619. The summed E-state index contributed by atoms with van der Waals surface area (Å²) in [5.74, 6) is -0.293. The van der Waals surface area contributed by atoms with Crippen LogP contribution in [0.4, 0.5) is 4.39 Å². The molecule has 0 N–H and O–H groups in total. The van der Waals surface area contributed by atoms with Crippen molar-refractivity contribution in [3.63, 3.8) is 0 Å². The topological polar surface area (TPSA) is 41.6 Å². The first-order valence-corrected chi connectivity index (χ1v) is 11.0. The molecule has 0 radical (unpaired) electrons. The van der Waals surface area contributed by atoms with Crippen LogP contribution in [0.15, 0.2) is 71.3 Å². The molecule has 1 amide bonds. The minimum atomic E-state index is -0.282. The second kappa shape index (κ2) is 8.63. The molecule has 0 spiro atoms. The number of amides is 1. The van der Waals surface area contributed by atoms with E-state index in [0.717, 1.165) is 30.7 Å². The number of rotatable bonds is 5. The molecule has 32 heavy (non-hydrogen) atoms. The molecular formula is C26H26FN3O2. The van der Waals surface area contributed by atoms with Crippen molar-refractivity contribution in [1.82, 2.24) is 14.4 Å². The summed E-state index contributed by atoms with van der Waals surface area (Å²) < 4.78 is 21.2. The molecule has 6 heteroatoms. The number of hydrogen-bond donors (Lipinski definition) is 0. The average molecular weight is 432 g/mol. The number of halogens is 1. The summed E-state index contributed by atoms with van der Waals surface area (Å²) in [7, 11) is 0. The molecule has 1 fully saturated rings.